The van der Waals surface area contributed by atoms with Crippen LogP contribution in [-0.2, 0) is 9.53 Å². The summed E-state index contributed by atoms with van der Waals surface area (Å²) in [5, 5.41) is 3.61. The summed E-state index contributed by atoms with van der Waals surface area (Å²) >= 11 is 0. The first-order valence-corrected chi connectivity index (χ1v) is 11.5. The number of rotatable bonds is 4. The SMILES string of the molecule is CN=C(NCC1CCCOC1C(C)(C)C)N1CCN(CC(=O)N2CCCC2)CC1. The van der Waals surface area contributed by atoms with Crippen LogP contribution in [0, 0.1) is 11.3 Å². The van der Waals surface area contributed by atoms with E-state index in [9.17, 15) is 4.79 Å². The molecule has 3 aliphatic heterocycles. The molecule has 0 spiro atoms. The van der Waals surface area contributed by atoms with Gasteiger partial charge < -0.3 is 19.9 Å². The van der Waals surface area contributed by atoms with Crippen molar-refractivity contribution in [1.82, 2.24) is 20.0 Å². The lowest BCUT2D eigenvalue weighted by Gasteiger charge is -2.41. The summed E-state index contributed by atoms with van der Waals surface area (Å²) in [4.78, 5) is 23.6. The van der Waals surface area contributed by atoms with Gasteiger partial charge in [-0.05, 0) is 31.1 Å². The smallest absolute Gasteiger partial charge is 0.236 e. The Bertz CT molecular complexity index is 560. The highest BCUT2D eigenvalue weighted by Crippen LogP contribution is 2.33. The summed E-state index contributed by atoms with van der Waals surface area (Å²) < 4.78 is 6.12. The topological polar surface area (TPSA) is 60.4 Å². The maximum Gasteiger partial charge on any atom is 0.236 e. The second-order valence-electron chi connectivity index (χ2n) is 9.84. The molecule has 0 aromatic heterocycles. The Morgan fingerprint density at radius 3 is 2.34 bits per heavy atom. The van der Waals surface area contributed by atoms with Crippen LogP contribution in [0.1, 0.15) is 46.5 Å². The average Bonchev–Trinajstić information content (AvgIpc) is 3.24. The number of nitrogens with zero attached hydrogens (tertiary/aromatic N) is 4. The van der Waals surface area contributed by atoms with Crippen molar-refractivity contribution in [2.75, 3.05) is 66.0 Å². The molecule has 29 heavy (non-hydrogen) atoms. The molecule has 3 aliphatic rings. The lowest BCUT2D eigenvalue weighted by molar-refractivity contribution is -0.131. The molecule has 3 fully saturated rings. The third-order valence-electron chi connectivity index (χ3n) is 6.52. The number of hydrogen-bond acceptors (Lipinski definition) is 4. The van der Waals surface area contributed by atoms with Gasteiger partial charge in [-0.2, -0.15) is 0 Å². The number of likely N-dealkylation sites (tertiary alicyclic amines) is 1. The molecule has 0 radical (unpaired) electrons. The van der Waals surface area contributed by atoms with Gasteiger partial charge in [-0.3, -0.25) is 14.7 Å². The molecule has 3 saturated heterocycles. The van der Waals surface area contributed by atoms with Crippen LogP contribution in [0.2, 0.25) is 0 Å². The lowest BCUT2D eigenvalue weighted by atomic mass is 9.78. The Labute approximate surface area is 176 Å². The standard InChI is InChI=1S/C22H41N5O2/c1-22(2,3)20-18(8-7-15-29-20)16-24-21(23-4)27-13-11-25(12-14-27)17-19(28)26-9-5-6-10-26/h18,20H,5-17H2,1-4H3,(H,23,24). The van der Waals surface area contributed by atoms with E-state index >= 15 is 0 Å². The Morgan fingerprint density at radius 1 is 1.03 bits per heavy atom. The number of amides is 1. The van der Waals surface area contributed by atoms with Crippen molar-refractivity contribution in [2.24, 2.45) is 16.3 Å². The van der Waals surface area contributed by atoms with Crippen molar-refractivity contribution in [2.45, 2.75) is 52.6 Å². The molecule has 2 unspecified atom stereocenters. The fourth-order valence-corrected chi connectivity index (χ4v) is 4.94. The third-order valence-corrected chi connectivity index (χ3v) is 6.52. The zero-order valence-corrected chi connectivity index (χ0v) is 19.0. The minimum Gasteiger partial charge on any atom is -0.377 e. The molecule has 0 aromatic carbocycles. The first-order valence-electron chi connectivity index (χ1n) is 11.5. The molecule has 1 N–H and O–H groups in total. The molecule has 2 atom stereocenters. The molecular formula is C22H41N5O2. The van der Waals surface area contributed by atoms with Gasteiger partial charge in [0.2, 0.25) is 5.91 Å². The van der Waals surface area contributed by atoms with E-state index in [1.807, 2.05) is 11.9 Å². The second-order valence-corrected chi connectivity index (χ2v) is 9.84. The zero-order chi connectivity index (χ0) is 20.9. The van der Waals surface area contributed by atoms with Crippen LogP contribution in [0.3, 0.4) is 0 Å². The highest BCUT2D eigenvalue weighted by molar-refractivity contribution is 5.80. The van der Waals surface area contributed by atoms with Crippen LogP contribution in [0.15, 0.2) is 4.99 Å². The summed E-state index contributed by atoms with van der Waals surface area (Å²) in [6.45, 7) is 14.7. The van der Waals surface area contributed by atoms with Crippen LogP contribution < -0.4 is 5.32 Å². The minimum absolute atomic E-state index is 0.157. The van der Waals surface area contributed by atoms with Crippen molar-refractivity contribution in [3.63, 3.8) is 0 Å². The van der Waals surface area contributed by atoms with Crippen LogP contribution in [0.5, 0.6) is 0 Å². The quantitative estimate of drug-likeness (QED) is 0.567. The third kappa shape index (κ3) is 6.07. The Kier molecular flexibility index (Phi) is 7.79. The van der Waals surface area contributed by atoms with Gasteiger partial charge in [0, 0.05) is 65.4 Å². The number of ether oxygens (including phenoxy) is 1. The number of piperazine rings is 1. The fraction of sp³-hybridized carbons (Fsp3) is 0.909. The van der Waals surface area contributed by atoms with E-state index in [4.69, 9.17) is 4.74 Å². The first kappa shape index (κ1) is 22.3. The Hall–Kier alpha value is -1.34. The van der Waals surface area contributed by atoms with Gasteiger partial charge in [-0.15, -0.1) is 0 Å². The summed E-state index contributed by atoms with van der Waals surface area (Å²) in [6, 6.07) is 0. The summed E-state index contributed by atoms with van der Waals surface area (Å²) in [5.74, 6) is 1.79. The maximum atomic E-state index is 12.4. The molecular weight excluding hydrogens is 366 g/mol. The monoisotopic (exact) mass is 407 g/mol. The van der Waals surface area contributed by atoms with E-state index in [0.717, 1.165) is 77.6 Å². The molecule has 166 valence electrons. The maximum absolute atomic E-state index is 12.4. The van der Waals surface area contributed by atoms with Crippen LogP contribution in [0.25, 0.3) is 0 Å². The van der Waals surface area contributed by atoms with Crippen molar-refractivity contribution in [3.05, 3.63) is 0 Å². The molecule has 3 heterocycles. The number of guanidine groups is 1. The van der Waals surface area contributed by atoms with Crippen molar-refractivity contribution >= 4 is 11.9 Å². The molecule has 1 amide bonds. The van der Waals surface area contributed by atoms with E-state index in [1.54, 1.807) is 0 Å². The highest BCUT2D eigenvalue weighted by Gasteiger charge is 2.35. The van der Waals surface area contributed by atoms with E-state index in [-0.39, 0.29) is 11.5 Å². The van der Waals surface area contributed by atoms with Crippen molar-refractivity contribution in [1.29, 1.82) is 0 Å². The van der Waals surface area contributed by atoms with Crippen molar-refractivity contribution in [3.8, 4) is 0 Å². The van der Waals surface area contributed by atoms with Crippen LogP contribution in [0.4, 0.5) is 0 Å². The van der Waals surface area contributed by atoms with Gasteiger partial charge in [0.25, 0.3) is 0 Å². The number of carbonyl (C=O) groups excluding carboxylic acids is 1. The molecule has 3 rings (SSSR count). The fourth-order valence-electron chi connectivity index (χ4n) is 4.94. The largest absolute Gasteiger partial charge is 0.377 e. The summed E-state index contributed by atoms with van der Waals surface area (Å²) in [6.07, 6.45) is 4.95. The van der Waals surface area contributed by atoms with Crippen LogP contribution >= 0.6 is 0 Å². The summed E-state index contributed by atoms with van der Waals surface area (Å²) in [7, 11) is 1.87. The summed E-state index contributed by atoms with van der Waals surface area (Å²) in [5.41, 5.74) is 0.157. The zero-order valence-electron chi connectivity index (χ0n) is 19.0. The molecule has 7 nitrogen and oxygen atoms in total. The van der Waals surface area contributed by atoms with E-state index in [0.29, 0.717) is 18.4 Å². The molecule has 0 saturated carbocycles. The number of aliphatic imine (C=N–C) groups is 1. The normalized spacial score (nSPS) is 27.4. The van der Waals surface area contributed by atoms with Gasteiger partial charge in [0.1, 0.15) is 0 Å². The van der Waals surface area contributed by atoms with Gasteiger partial charge in [-0.1, -0.05) is 20.8 Å². The first-order chi connectivity index (χ1) is 13.9. The Balaban J connectivity index is 1.44. The molecule has 7 heteroatoms. The predicted molar refractivity (Wildman–Crippen MR) is 117 cm³/mol. The van der Waals surface area contributed by atoms with Gasteiger partial charge >= 0.3 is 0 Å². The number of nitrogens with one attached hydrogen (secondary N) is 1. The van der Waals surface area contributed by atoms with E-state index < -0.39 is 0 Å². The second kappa shape index (κ2) is 10.1. The highest BCUT2D eigenvalue weighted by atomic mass is 16.5. The molecule has 0 aromatic rings. The van der Waals surface area contributed by atoms with Gasteiger partial charge in [0.15, 0.2) is 5.96 Å². The van der Waals surface area contributed by atoms with Crippen molar-refractivity contribution < 1.29 is 9.53 Å². The Morgan fingerprint density at radius 2 is 1.72 bits per heavy atom. The van der Waals surface area contributed by atoms with Crippen LogP contribution in [-0.4, -0.2) is 98.7 Å². The van der Waals surface area contributed by atoms with E-state index in [2.05, 4.69) is 40.9 Å². The van der Waals surface area contributed by atoms with Gasteiger partial charge in [-0.25, -0.2) is 0 Å². The average molecular weight is 408 g/mol. The molecule has 0 bridgehead atoms. The minimum atomic E-state index is 0.157. The number of carbonyl (C=O) groups is 1. The van der Waals surface area contributed by atoms with Gasteiger partial charge in [0.05, 0.1) is 12.6 Å². The molecule has 0 aliphatic carbocycles. The van der Waals surface area contributed by atoms with E-state index in [1.165, 1.54) is 6.42 Å². The predicted octanol–water partition coefficient (Wildman–Crippen LogP) is 1.64. The lowest BCUT2D eigenvalue weighted by Crippen LogP contribution is -2.55. The number of hydrogen-bond donors (Lipinski definition) is 1.